The Balaban J connectivity index is 1.73. The van der Waals surface area contributed by atoms with Crippen molar-refractivity contribution in [3.05, 3.63) is 28.5 Å². The van der Waals surface area contributed by atoms with E-state index >= 15 is 0 Å². The molecule has 1 aliphatic rings. The zero-order chi connectivity index (χ0) is 11.4. The summed E-state index contributed by atoms with van der Waals surface area (Å²) in [6, 6.07) is 1.78. The first kappa shape index (κ1) is 11.6. The second kappa shape index (κ2) is 5.43. The lowest BCUT2D eigenvalue weighted by molar-refractivity contribution is 0.0952. The normalized spacial score (nSPS) is 14.8. The molecule has 1 aromatic rings. The topological polar surface area (TPSA) is 42.0 Å². The summed E-state index contributed by atoms with van der Waals surface area (Å²) in [5.41, 5.74) is 0.612. The van der Waals surface area contributed by atoms with Crippen molar-refractivity contribution in [2.24, 2.45) is 5.92 Å². The molecule has 0 unspecified atom stereocenters. The van der Waals surface area contributed by atoms with Crippen LogP contribution in [0.4, 0.5) is 0 Å². The van der Waals surface area contributed by atoms with Crippen molar-refractivity contribution < 1.29 is 4.79 Å². The van der Waals surface area contributed by atoms with Crippen LogP contribution in [0.3, 0.4) is 0 Å². The smallest absolute Gasteiger partial charge is 0.252 e. The number of nitrogens with zero attached hydrogens (tertiary/aromatic N) is 1. The maximum absolute atomic E-state index is 11.7. The van der Waals surface area contributed by atoms with Gasteiger partial charge in [-0.1, -0.05) is 12.8 Å². The number of carbonyl (C=O) groups excluding carboxylic acids is 1. The standard InChI is InChI=1S/C12H15BrN2O/c13-11-6-10(7-14-8-11)12(16)15-5-1-2-9-3-4-9/h6-9H,1-5H2,(H,15,16). The summed E-state index contributed by atoms with van der Waals surface area (Å²) in [4.78, 5) is 15.6. The van der Waals surface area contributed by atoms with E-state index in [9.17, 15) is 4.79 Å². The minimum absolute atomic E-state index is 0.0374. The van der Waals surface area contributed by atoms with Gasteiger partial charge in [-0.15, -0.1) is 0 Å². The summed E-state index contributed by atoms with van der Waals surface area (Å²) in [6.45, 7) is 0.766. The molecule has 0 aliphatic heterocycles. The fourth-order valence-electron chi connectivity index (χ4n) is 1.64. The summed E-state index contributed by atoms with van der Waals surface area (Å²) in [7, 11) is 0. The van der Waals surface area contributed by atoms with E-state index in [0.717, 1.165) is 23.4 Å². The molecule has 1 amide bonds. The molecule has 0 radical (unpaired) electrons. The number of pyridine rings is 1. The molecule has 1 saturated carbocycles. The molecule has 0 bridgehead atoms. The van der Waals surface area contributed by atoms with E-state index in [4.69, 9.17) is 0 Å². The molecule has 86 valence electrons. The second-order valence-electron chi connectivity index (χ2n) is 4.23. The highest BCUT2D eigenvalue weighted by atomic mass is 79.9. The molecule has 1 heterocycles. The van der Waals surface area contributed by atoms with E-state index in [2.05, 4.69) is 26.2 Å². The van der Waals surface area contributed by atoms with Crippen LogP contribution in [0.25, 0.3) is 0 Å². The van der Waals surface area contributed by atoms with Crippen molar-refractivity contribution in [2.75, 3.05) is 6.54 Å². The Labute approximate surface area is 104 Å². The van der Waals surface area contributed by atoms with Gasteiger partial charge in [-0.3, -0.25) is 9.78 Å². The Kier molecular flexibility index (Phi) is 3.93. The SMILES string of the molecule is O=C(NCCCC1CC1)c1cncc(Br)c1. The van der Waals surface area contributed by atoms with E-state index in [-0.39, 0.29) is 5.91 Å². The highest BCUT2D eigenvalue weighted by Gasteiger charge is 2.20. The van der Waals surface area contributed by atoms with Crippen molar-refractivity contribution in [2.45, 2.75) is 25.7 Å². The molecule has 1 aromatic heterocycles. The van der Waals surface area contributed by atoms with Gasteiger partial charge in [0.2, 0.25) is 0 Å². The Hall–Kier alpha value is -0.900. The first-order valence-corrected chi connectivity index (χ1v) is 6.44. The number of rotatable bonds is 5. The van der Waals surface area contributed by atoms with Gasteiger partial charge in [0, 0.05) is 23.4 Å². The molecular formula is C12H15BrN2O. The predicted octanol–water partition coefficient (Wildman–Crippen LogP) is 2.76. The van der Waals surface area contributed by atoms with Crippen LogP contribution in [-0.4, -0.2) is 17.4 Å². The predicted molar refractivity (Wildman–Crippen MR) is 66.2 cm³/mol. The highest BCUT2D eigenvalue weighted by Crippen LogP contribution is 2.33. The van der Waals surface area contributed by atoms with Crippen molar-refractivity contribution in [3.8, 4) is 0 Å². The quantitative estimate of drug-likeness (QED) is 0.844. The third-order valence-electron chi connectivity index (χ3n) is 2.74. The Morgan fingerprint density at radius 2 is 2.31 bits per heavy atom. The minimum atomic E-state index is -0.0374. The number of aromatic nitrogens is 1. The Morgan fingerprint density at radius 1 is 1.50 bits per heavy atom. The number of halogens is 1. The van der Waals surface area contributed by atoms with Crippen molar-refractivity contribution in [1.29, 1.82) is 0 Å². The summed E-state index contributed by atoms with van der Waals surface area (Å²) < 4.78 is 0.832. The van der Waals surface area contributed by atoms with Gasteiger partial charge in [0.15, 0.2) is 0 Å². The van der Waals surface area contributed by atoms with Crippen LogP contribution in [0.1, 0.15) is 36.0 Å². The molecule has 0 atom stereocenters. The lowest BCUT2D eigenvalue weighted by Crippen LogP contribution is -2.24. The van der Waals surface area contributed by atoms with Gasteiger partial charge in [-0.05, 0) is 40.8 Å². The van der Waals surface area contributed by atoms with Gasteiger partial charge in [0.25, 0.3) is 5.91 Å². The van der Waals surface area contributed by atoms with Crippen LogP contribution in [0.2, 0.25) is 0 Å². The Bertz CT molecular complexity index is 377. The molecule has 3 nitrogen and oxygen atoms in total. The van der Waals surface area contributed by atoms with Gasteiger partial charge < -0.3 is 5.32 Å². The molecular weight excluding hydrogens is 268 g/mol. The van der Waals surface area contributed by atoms with E-state index < -0.39 is 0 Å². The van der Waals surface area contributed by atoms with Crippen molar-refractivity contribution in [3.63, 3.8) is 0 Å². The minimum Gasteiger partial charge on any atom is -0.352 e. The summed E-state index contributed by atoms with van der Waals surface area (Å²) in [5, 5.41) is 2.91. The summed E-state index contributed by atoms with van der Waals surface area (Å²) >= 11 is 3.30. The molecule has 2 rings (SSSR count). The highest BCUT2D eigenvalue weighted by molar-refractivity contribution is 9.10. The summed E-state index contributed by atoms with van der Waals surface area (Å²) in [6.07, 6.45) is 8.34. The molecule has 16 heavy (non-hydrogen) atoms. The zero-order valence-electron chi connectivity index (χ0n) is 9.08. The molecule has 0 saturated heterocycles. The van der Waals surface area contributed by atoms with Gasteiger partial charge >= 0.3 is 0 Å². The van der Waals surface area contributed by atoms with Crippen LogP contribution in [0.5, 0.6) is 0 Å². The van der Waals surface area contributed by atoms with Crippen molar-refractivity contribution in [1.82, 2.24) is 10.3 Å². The van der Waals surface area contributed by atoms with Crippen LogP contribution in [0, 0.1) is 5.92 Å². The largest absolute Gasteiger partial charge is 0.352 e. The van der Waals surface area contributed by atoms with Crippen LogP contribution in [-0.2, 0) is 0 Å². The van der Waals surface area contributed by atoms with E-state index in [1.807, 2.05) is 0 Å². The molecule has 1 N–H and O–H groups in total. The Morgan fingerprint density at radius 3 is 3.00 bits per heavy atom. The van der Waals surface area contributed by atoms with E-state index in [1.165, 1.54) is 19.3 Å². The van der Waals surface area contributed by atoms with Gasteiger partial charge in [0.05, 0.1) is 5.56 Å². The number of amides is 1. The first-order chi connectivity index (χ1) is 7.75. The maximum atomic E-state index is 11.7. The molecule has 0 aromatic carbocycles. The number of hydrogen-bond donors (Lipinski definition) is 1. The zero-order valence-corrected chi connectivity index (χ0v) is 10.7. The van der Waals surface area contributed by atoms with Crippen LogP contribution < -0.4 is 5.32 Å². The fraction of sp³-hybridized carbons (Fsp3) is 0.500. The summed E-state index contributed by atoms with van der Waals surface area (Å²) in [5.74, 6) is 0.897. The number of carbonyl (C=O) groups is 1. The molecule has 4 heteroatoms. The average molecular weight is 283 g/mol. The lowest BCUT2D eigenvalue weighted by Gasteiger charge is -2.04. The third-order valence-corrected chi connectivity index (χ3v) is 3.17. The van der Waals surface area contributed by atoms with Crippen LogP contribution in [0.15, 0.2) is 22.9 Å². The van der Waals surface area contributed by atoms with Gasteiger partial charge in [0.1, 0.15) is 0 Å². The number of hydrogen-bond acceptors (Lipinski definition) is 2. The van der Waals surface area contributed by atoms with Gasteiger partial charge in [-0.2, -0.15) is 0 Å². The van der Waals surface area contributed by atoms with E-state index in [1.54, 1.807) is 18.5 Å². The first-order valence-electron chi connectivity index (χ1n) is 5.64. The van der Waals surface area contributed by atoms with Crippen LogP contribution >= 0.6 is 15.9 Å². The van der Waals surface area contributed by atoms with E-state index in [0.29, 0.717) is 5.56 Å². The second-order valence-corrected chi connectivity index (χ2v) is 5.15. The third kappa shape index (κ3) is 3.59. The lowest BCUT2D eigenvalue weighted by atomic mass is 10.2. The monoisotopic (exact) mass is 282 g/mol. The van der Waals surface area contributed by atoms with Crippen molar-refractivity contribution >= 4 is 21.8 Å². The molecule has 1 fully saturated rings. The average Bonchev–Trinajstić information content (AvgIpc) is 3.08. The number of nitrogens with one attached hydrogen (secondary N) is 1. The fourth-order valence-corrected chi connectivity index (χ4v) is 2.00. The molecule has 0 spiro atoms. The maximum Gasteiger partial charge on any atom is 0.252 e. The molecule has 1 aliphatic carbocycles. The van der Waals surface area contributed by atoms with Gasteiger partial charge in [-0.25, -0.2) is 0 Å².